The van der Waals surface area contributed by atoms with Gasteiger partial charge in [-0.15, -0.1) is 0 Å². The normalized spacial score (nSPS) is 14.6. The van der Waals surface area contributed by atoms with Crippen LogP contribution in [0.4, 0.5) is 5.69 Å². The van der Waals surface area contributed by atoms with Crippen LogP contribution in [0.1, 0.15) is 12.5 Å². The Balaban J connectivity index is 1.36. The molecule has 0 fully saturated rings. The van der Waals surface area contributed by atoms with Gasteiger partial charge in [0.2, 0.25) is 5.91 Å². The van der Waals surface area contributed by atoms with E-state index in [9.17, 15) is 14.4 Å². The van der Waals surface area contributed by atoms with Crippen molar-refractivity contribution in [1.82, 2.24) is 5.32 Å². The van der Waals surface area contributed by atoms with Gasteiger partial charge >= 0.3 is 5.97 Å². The zero-order chi connectivity index (χ0) is 20.6. The number of rotatable bonds is 7. The number of ether oxygens (including phenoxy) is 3. The van der Waals surface area contributed by atoms with E-state index in [-0.39, 0.29) is 31.6 Å². The second-order valence-electron chi connectivity index (χ2n) is 6.52. The predicted molar refractivity (Wildman–Crippen MR) is 105 cm³/mol. The maximum absolute atomic E-state index is 11.9. The van der Waals surface area contributed by atoms with E-state index in [2.05, 4.69) is 10.6 Å². The molecular formula is C21H22N2O6. The minimum Gasteiger partial charge on any atom is -0.486 e. The first kappa shape index (κ1) is 20.2. The van der Waals surface area contributed by atoms with Crippen molar-refractivity contribution in [3.8, 4) is 11.5 Å². The molecule has 2 aromatic carbocycles. The summed E-state index contributed by atoms with van der Waals surface area (Å²) in [5.74, 6) is 0.209. The summed E-state index contributed by atoms with van der Waals surface area (Å²) in [5, 5.41) is 5.31. The van der Waals surface area contributed by atoms with E-state index in [1.165, 1.54) is 6.92 Å². The molecule has 1 aliphatic heterocycles. The average Bonchev–Trinajstić information content (AvgIpc) is 2.71. The lowest BCUT2D eigenvalue weighted by Crippen LogP contribution is -2.42. The Hall–Kier alpha value is -3.55. The number of carbonyl (C=O) groups excluding carboxylic acids is 3. The van der Waals surface area contributed by atoms with E-state index in [0.29, 0.717) is 23.8 Å². The molecule has 0 radical (unpaired) electrons. The molecule has 0 saturated carbocycles. The topological polar surface area (TPSA) is 103 Å². The van der Waals surface area contributed by atoms with Crippen molar-refractivity contribution in [2.75, 3.05) is 25.1 Å². The Kier molecular flexibility index (Phi) is 6.67. The minimum atomic E-state index is -0.515. The lowest BCUT2D eigenvalue weighted by molar-refractivity contribution is -0.148. The number of esters is 1. The highest BCUT2D eigenvalue weighted by Gasteiger charge is 2.21. The summed E-state index contributed by atoms with van der Waals surface area (Å²) in [4.78, 5) is 34.8. The zero-order valence-electron chi connectivity index (χ0n) is 16.0. The van der Waals surface area contributed by atoms with Crippen molar-refractivity contribution in [1.29, 1.82) is 0 Å². The number of carbonyl (C=O) groups is 3. The molecule has 3 rings (SSSR count). The molecule has 2 amide bonds. The summed E-state index contributed by atoms with van der Waals surface area (Å²) in [7, 11) is 0. The first-order valence-electron chi connectivity index (χ1n) is 9.17. The molecular weight excluding hydrogens is 376 g/mol. The van der Waals surface area contributed by atoms with Crippen molar-refractivity contribution < 1.29 is 28.6 Å². The maximum atomic E-state index is 11.9. The molecule has 1 aliphatic rings. The summed E-state index contributed by atoms with van der Waals surface area (Å²) >= 11 is 0. The Morgan fingerprint density at radius 2 is 1.79 bits per heavy atom. The summed E-state index contributed by atoms with van der Waals surface area (Å²) in [6.45, 7) is 1.62. The molecule has 152 valence electrons. The molecule has 8 nitrogen and oxygen atoms in total. The van der Waals surface area contributed by atoms with Gasteiger partial charge in [0.1, 0.15) is 12.7 Å². The second kappa shape index (κ2) is 9.59. The number of para-hydroxylation sites is 2. The van der Waals surface area contributed by atoms with Gasteiger partial charge in [-0.2, -0.15) is 0 Å². The van der Waals surface area contributed by atoms with E-state index >= 15 is 0 Å². The number of fused-ring (bicyclic) bond motifs is 1. The third kappa shape index (κ3) is 6.24. The van der Waals surface area contributed by atoms with E-state index < -0.39 is 11.9 Å². The summed E-state index contributed by atoms with van der Waals surface area (Å²) in [6, 6.07) is 14.1. The van der Waals surface area contributed by atoms with Gasteiger partial charge in [-0.25, -0.2) is 0 Å². The lowest BCUT2D eigenvalue weighted by atomic mass is 10.1. The van der Waals surface area contributed by atoms with Crippen LogP contribution in [0.25, 0.3) is 0 Å². The fourth-order valence-electron chi connectivity index (χ4n) is 2.72. The molecule has 1 heterocycles. The molecule has 2 N–H and O–H groups in total. The Labute approximate surface area is 168 Å². The third-order valence-corrected chi connectivity index (χ3v) is 4.08. The number of benzene rings is 2. The largest absolute Gasteiger partial charge is 0.486 e. The Bertz CT molecular complexity index is 881. The standard InChI is InChI=1S/C21H22N2O6/c1-14(24)23-16-8-6-15(7-9-16)10-21(26)28-13-20(25)22-11-17-12-27-18-4-2-3-5-19(18)29-17/h2-9,17H,10-13H2,1H3,(H,22,25)(H,23,24)/t17-/m1/s1. The molecule has 0 bridgehead atoms. The predicted octanol–water partition coefficient (Wildman–Crippen LogP) is 1.69. The van der Waals surface area contributed by atoms with Crippen LogP contribution in [0, 0.1) is 0 Å². The number of hydrogen-bond acceptors (Lipinski definition) is 6. The van der Waals surface area contributed by atoms with Gasteiger partial charge in [-0.3, -0.25) is 14.4 Å². The molecule has 8 heteroatoms. The summed E-state index contributed by atoms with van der Waals surface area (Å²) < 4.78 is 16.3. The van der Waals surface area contributed by atoms with E-state index in [1.807, 2.05) is 18.2 Å². The fraction of sp³-hybridized carbons (Fsp3) is 0.286. The van der Waals surface area contributed by atoms with Crippen LogP contribution in [0.2, 0.25) is 0 Å². The van der Waals surface area contributed by atoms with E-state index in [0.717, 1.165) is 5.56 Å². The van der Waals surface area contributed by atoms with E-state index in [4.69, 9.17) is 14.2 Å². The van der Waals surface area contributed by atoms with Gasteiger partial charge in [0.15, 0.2) is 18.1 Å². The maximum Gasteiger partial charge on any atom is 0.310 e. The highest BCUT2D eigenvalue weighted by molar-refractivity contribution is 5.88. The van der Waals surface area contributed by atoms with Gasteiger partial charge in [0.25, 0.3) is 5.91 Å². The van der Waals surface area contributed by atoms with Crippen LogP contribution in [0.15, 0.2) is 48.5 Å². The first-order valence-corrected chi connectivity index (χ1v) is 9.17. The quantitative estimate of drug-likeness (QED) is 0.688. The SMILES string of the molecule is CC(=O)Nc1ccc(CC(=O)OCC(=O)NC[C@@H]2COc3ccccc3O2)cc1. The van der Waals surface area contributed by atoms with Crippen LogP contribution in [-0.2, 0) is 25.5 Å². The van der Waals surface area contributed by atoms with Crippen molar-refractivity contribution >= 4 is 23.5 Å². The molecule has 29 heavy (non-hydrogen) atoms. The van der Waals surface area contributed by atoms with Gasteiger partial charge in [0, 0.05) is 12.6 Å². The van der Waals surface area contributed by atoms with Crippen molar-refractivity contribution in [3.63, 3.8) is 0 Å². The lowest BCUT2D eigenvalue weighted by Gasteiger charge is -2.26. The van der Waals surface area contributed by atoms with Gasteiger partial charge in [-0.1, -0.05) is 24.3 Å². The molecule has 2 aromatic rings. The number of nitrogens with one attached hydrogen (secondary N) is 2. The smallest absolute Gasteiger partial charge is 0.310 e. The number of amides is 2. The molecule has 1 atom stereocenters. The third-order valence-electron chi connectivity index (χ3n) is 4.08. The highest BCUT2D eigenvalue weighted by atomic mass is 16.6. The minimum absolute atomic E-state index is 0.0317. The Morgan fingerprint density at radius 1 is 1.07 bits per heavy atom. The van der Waals surface area contributed by atoms with Crippen molar-refractivity contribution in [2.45, 2.75) is 19.4 Å². The molecule has 0 spiro atoms. The molecule has 0 unspecified atom stereocenters. The molecule has 0 saturated heterocycles. The van der Waals surface area contributed by atoms with Crippen molar-refractivity contribution in [2.24, 2.45) is 0 Å². The van der Waals surface area contributed by atoms with Crippen LogP contribution in [0.5, 0.6) is 11.5 Å². The zero-order valence-corrected chi connectivity index (χ0v) is 16.0. The number of hydrogen-bond donors (Lipinski definition) is 2. The molecule has 0 aromatic heterocycles. The van der Waals surface area contributed by atoms with Gasteiger partial charge < -0.3 is 24.8 Å². The average molecular weight is 398 g/mol. The highest BCUT2D eigenvalue weighted by Crippen LogP contribution is 2.30. The fourth-order valence-corrected chi connectivity index (χ4v) is 2.72. The Morgan fingerprint density at radius 3 is 2.52 bits per heavy atom. The van der Waals surface area contributed by atoms with Gasteiger partial charge in [0.05, 0.1) is 13.0 Å². The summed E-state index contributed by atoms with van der Waals surface area (Å²) in [5.41, 5.74) is 1.36. The van der Waals surface area contributed by atoms with Crippen LogP contribution in [0.3, 0.4) is 0 Å². The summed E-state index contributed by atoms with van der Waals surface area (Å²) in [6.07, 6.45) is -0.282. The number of anilines is 1. The van der Waals surface area contributed by atoms with Crippen molar-refractivity contribution in [3.05, 3.63) is 54.1 Å². The van der Waals surface area contributed by atoms with Crippen LogP contribution in [-0.4, -0.2) is 43.6 Å². The van der Waals surface area contributed by atoms with Crippen LogP contribution < -0.4 is 20.1 Å². The monoisotopic (exact) mass is 398 g/mol. The van der Waals surface area contributed by atoms with E-state index in [1.54, 1.807) is 30.3 Å². The van der Waals surface area contributed by atoms with Gasteiger partial charge in [-0.05, 0) is 29.8 Å². The molecule has 0 aliphatic carbocycles. The van der Waals surface area contributed by atoms with Crippen LogP contribution >= 0.6 is 0 Å². The first-order chi connectivity index (χ1) is 14.0. The second-order valence-corrected chi connectivity index (χ2v) is 6.52.